The molecule has 1 unspecified atom stereocenters. The third-order valence-corrected chi connectivity index (χ3v) is 4.13. The summed E-state index contributed by atoms with van der Waals surface area (Å²) >= 11 is 5.82. The van der Waals surface area contributed by atoms with Crippen molar-refractivity contribution in [1.29, 1.82) is 5.26 Å². The summed E-state index contributed by atoms with van der Waals surface area (Å²) in [5, 5.41) is 8.66. The number of nitrogens with zero attached hydrogens (tertiary/aromatic N) is 1. The lowest BCUT2D eigenvalue weighted by Gasteiger charge is -2.12. The second-order valence-electron chi connectivity index (χ2n) is 3.52. The van der Waals surface area contributed by atoms with Gasteiger partial charge in [0.1, 0.15) is 4.90 Å². The molecule has 1 aromatic carbocycles. The Kier molecular flexibility index (Phi) is 4.48. The highest BCUT2D eigenvalue weighted by Gasteiger charge is 2.19. The van der Waals surface area contributed by atoms with E-state index in [9.17, 15) is 8.42 Å². The highest BCUT2D eigenvalue weighted by atomic mass is 35.5. The molecule has 17 heavy (non-hydrogen) atoms. The molecule has 0 radical (unpaired) electrons. The van der Waals surface area contributed by atoms with Crippen molar-refractivity contribution in [3.8, 4) is 6.07 Å². The number of halogens is 1. The normalized spacial score (nSPS) is 13.1. The Labute approximate surface area is 105 Å². The molecular formula is C10H12ClN3O2S. The third kappa shape index (κ3) is 3.41. The van der Waals surface area contributed by atoms with E-state index in [0.29, 0.717) is 5.56 Å². The minimum absolute atomic E-state index is 0.0146. The first kappa shape index (κ1) is 13.9. The van der Waals surface area contributed by atoms with Crippen molar-refractivity contribution in [2.45, 2.75) is 17.9 Å². The molecule has 0 saturated carbocycles. The van der Waals surface area contributed by atoms with Gasteiger partial charge in [0.25, 0.3) is 0 Å². The summed E-state index contributed by atoms with van der Waals surface area (Å²) < 4.78 is 26.2. The molecule has 0 spiro atoms. The zero-order valence-electron chi connectivity index (χ0n) is 9.14. The maximum absolute atomic E-state index is 11.9. The molecule has 92 valence electrons. The Balaban J connectivity index is 3.13. The number of benzene rings is 1. The zero-order valence-corrected chi connectivity index (χ0v) is 10.7. The maximum atomic E-state index is 11.9. The van der Waals surface area contributed by atoms with Gasteiger partial charge in [0.2, 0.25) is 10.0 Å². The van der Waals surface area contributed by atoms with E-state index in [2.05, 4.69) is 4.72 Å². The lowest BCUT2D eigenvalue weighted by Crippen LogP contribution is -2.37. The number of nitrogens with two attached hydrogens (primary N) is 1. The molecule has 0 amide bonds. The van der Waals surface area contributed by atoms with E-state index < -0.39 is 10.0 Å². The molecule has 3 N–H and O–H groups in total. The molecule has 0 saturated heterocycles. The first-order valence-electron chi connectivity index (χ1n) is 4.82. The van der Waals surface area contributed by atoms with E-state index in [1.807, 2.05) is 6.07 Å². The minimum atomic E-state index is -3.70. The second kappa shape index (κ2) is 5.47. The van der Waals surface area contributed by atoms with Crippen LogP contribution in [0.5, 0.6) is 0 Å². The van der Waals surface area contributed by atoms with Gasteiger partial charge in [-0.3, -0.25) is 0 Å². The van der Waals surface area contributed by atoms with Gasteiger partial charge in [0.15, 0.2) is 0 Å². The average Bonchev–Trinajstić information content (AvgIpc) is 2.27. The predicted octanol–water partition coefficient (Wildman–Crippen LogP) is 0.837. The van der Waals surface area contributed by atoms with E-state index in [1.165, 1.54) is 18.2 Å². The number of nitriles is 1. The summed E-state index contributed by atoms with van der Waals surface area (Å²) in [6.07, 6.45) is 0. The fourth-order valence-electron chi connectivity index (χ4n) is 1.16. The largest absolute Gasteiger partial charge is 0.329 e. The van der Waals surface area contributed by atoms with Crippen molar-refractivity contribution in [1.82, 2.24) is 4.72 Å². The molecule has 5 nitrogen and oxygen atoms in total. The molecule has 1 atom stereocenters. The van der Waals surface area contributed by atoms with Crippen LogP contribution in [0.1, 0.15) is 12.5 Å². The monoisotopic (exact) mass is 273 g/mol. The van der Waals surface area contributed by atoms with Gasteiger partial charge < -0.3 is 5.73 Å². The van der Waals surface area contributed by atoms with Crippen molar-refractivity contribution in [2.24, 2.45) is 5.73 Å². The van der Waals surface area contributed by atoms with Crippen molar-refractivity contribution in [3.05, 3.63) is 28.8 Å². The number of sulfonamides is 1. The molecular weight excluding hydrogens is 262 g/mol. The van der Waals surface area contributed by atoms with Crippen molar-refractivity contribution in [2.75, 3.05) is 6.54 Å². The van der Waals surface area contributed by atoms with Gasteiger partial charge in [-0.15, -0.1) is 0 Å². The summed E-state index contributed by atoms with van der Waals surface area (Å²) in [4.78, 5) is -0.0570. The first-order valence-corrected chi connectivity index (χ1v) is 6.69. The van der Waals surface area contributed by atoms with Crippen LogP contribution in [0.15, 0.2) is 23.1 Å². The minimum Gasteiger partial charge on any atom is -0.329 e. The summed E-state index contributed by atoms with van der Waals surface area (Å²) in [7, 11) is -3.70. The van der Waals surface area contributed by atoms with E-state index >= 15 is 0 Å². The molecule has 0 aliphatic rings. The number of hydrogen-bond donors (Lipinski definition) is 2. The van der Waals surface area contributed by atoms with E-state index in [-0.39, 0.29) is 22.5 Å². The summed E-state index contributed by atoms with van der Waals surface area (Å²) in [5.41, 5.74) is 5.64. The Hall–Kier alpha value is -1.13. The second-order valence-corrected chi connectivity index (χ2v) is 5.60. The molecule has 0 aromatic heterocycles. The van der Waals surface area contributed by atoms with E-state index in [1.54, 1.807) is 6.92 Å². The lowest BCUT2D eigenvalue weighted by molar-refractivity contribution is 0.563. The zero-order chi connectivity index (χ0) is 13.1. The Morgan fingerprint density at radius 1 is 1.59 bits per heavy atom. The van der Waals surface area contributed by atoms with E-state index in [4.69, 9.17) is 22.6 Å². The van der Waals surface area contributed by atoms with Crippen molar-refractivity contribution < 1.29 is 8.42 Å². The van der Waals surface area contributed by atoms with Crippen molar-refractivity contribution >= 4 is 21.6 Å². The van der Waals surface area contributed by atoms with Gasteiger partial charge in [-0.2, -0.15) is 5.26 Å². The summed E-state index contributed by atoms with van der Waals surface area (Å²) in [6, 6.07) is 5.50. The topological polar surface area (TPSA) is 96.0 Å². The van der Waals surface area contributed by atoms with Crippen molar-refractivity contribution in [3.63, 3.8) is 0 Å². The number of rotatable bonds is 4. The molecule has 7 heteroatoms. The van der Waals surface area contributed by atoms with Crippen LogP contribution < -0.4 is 10.5 Å². The van der Waals surface area contributed by atoms with Crippen LogP contribution in [-0.4, -0.2) is 21.0 Å². The predicted molar refractivity (Wildman–Crippen MR) is 65.0 cm³/mol. The summed E-state index contributed by atoms with van der Waals surface area (Å²) in [6.45, 7) is 1.84. The van der Waals surface area contributed by atoms with Crippen LogP contribution in [0.2, 0.25) is 5.02 Å². The Morgan fingerprint density at radius 2 is 2.24 bits per heavy atom. The number of hydrogen-bond acceptors (Lipinski definition) is 4. The number of nitrogens with one attached hydrogen (secondary N) is 1. The Bertz CT molecular complexity index is 551. The van der Waals surface area contributed by atoms with Crippen LogP contribution in [0.25, 0.3) is 0 Å². The van der Waals surface area contributed by atoms with Gasteiger partial charge in [0, 0.05) is 12.6 Å². The maximum Gasteiger partial charge on any atom is 0.242 e. The quantitative estimate of drug-likeness (QED) is 0.849. The van der Waals surface area contributed by atoms with Crippen LogP contribution in [-0.2, 0) is 10.0 Å². The molecule has 0 aliphatic carbocycles. The molecule has 1 rings (SSSR count). The molecule has 0 aliphatic heterocycles. The molecule has 0 fully saturated rings. The van der Waals surface area contributed by atoms with Gasteiger partial charge in [-0.1, -0.05) is 11.6 Å². The van der Waals surface area contributed by atoms with Crippen LogP contribution in [0.4, 0.5) is 0 Å². The SMILES string of the molecule is CC(CN)NS(=O)(=O)c1ccc(C#N)cc1Cl. The molecule has 0 bridgehead atoms. The fourth-order valence-corrected chi connectivity index (χ4v) is 2.97. The first-order chi connectivity index (χ1) is 7.90. The van der Waals surface area contributed by atoms with Gasteiger partial charge >= 0.3 is 0 Å². The molecule has 1 aromatic rings. The van der Waals surface area contributed by atoms with Gasteiger partial charge in [-0.25, -0.2) is 13.1 Å². The Morgan fingerprint density at radius 3 is 2.71 bits per heavy atom. The highest BCUT2D eigenvalue weighted by molar-refractivity contribution is 7.89. The fraction of sp³-hybridized carbons (Fsp3) is 0.300. The lowest BCUT2D eigenvalue weighted by atomic mass is 10.2. The van der Waals surface area contributed by atoms with Gasteiger partial charge in [0.05, 0.1) is 16.7 Å². The highest BCUT2D eigenvalue weighted by Crippen LogP contribution is 2.22. The van der Waals surface area contributed by atoms with Crippen LogP contribution >= 0.6 is 11.6 Å². The third-order valence-electron chi connectivity index (χ3n) is 2.06. The van der Waals surface area contributed by atoms with Crippen LogP contribution in [0, 0.1) is 11.3 Å². The smallest absolute Gasteiger partial charge is 0.242 e. The average molecular weight is 274 g/mol. The van der Waals surface area contributed by atoms with Crippen LogP contribution in [0.3, 0.4) is 0 Å². The summed E-state index contributed by atoms with van der Waals surface area (Å²) in [5.74, 6) is 0. The standard InChI is InChI=1S/C10H12ClN3O2S/c1-7(5-12)14-17(15,16)10-3-2-8(6-13)4-9(10)11/h2-4,7,14H,5,12H2,1H3. The molecule has 0 heterocycles. The van der Waals surface area contributed by atoms with E-state index in [0.717, 1.165) is 0 Å². The van der Waals surface area contributed by atoms with Gasteiger partial charge in [-0.05, 0) is 25.1 Å².